The van der Waals surface area contributed by atoms with Crippen LogP contribution in [0.2, 0.25) is 0 Å². The van der Waals surface area contributed by atoms with Gasteiger partial charge in [0.2, 0.25) is 10.0 Å². The first-order chi connectivity index (χ1) is 13.9. The number of sulfonamides is 1. The van der Waals surface area contributed by atoms with E-state index in [9.17, 15) is 12.8 Å². The minimum Gasteiger partial charge on any atom is -0.317 e. The molecule has 1 aromatic heterocycles. The summed E-state index contributed by atoms with van der Waals surface area (Å²) in [6.07, 6.45) is 4.38. The molecule has 2 aromatic rings. The summed E-state index contributed by atoms with van der Waals surface area (Å²) in [4.78, 5) is 2.47. The average molecular weight is 422 g/mol. The van der Waals surface area contributed by atoms with E-state index in [0.717, 1.165) is 44.7 Å². The SMILES string of the molecule is CCCn1cnnc1C1CN(C)CC12CCN(S(=O)(=O)c1ccc(F)cc1)CC2. The number of hydrogen-bond acceptors (Lipinski definition) is 5. The van der Waals surface area contributed by atoms with Gasteiger partial charge in [0.15, 0.2) is 0 Å². The molecule has 2 aliphatic rings. The van der Waals surface area contributed by atoms with Gasteiger partial charge in [-0.15, -0.1) is 10.2 Å². The number of likely N-dealkylation sites (tertiary alicyclic amines) is 1. The Labute approximate surface area is 171 Å². The molecule has 1 unspecified atom stereocenters. The topological polar surface area (TPSA) is 71.3 Å². The van der Waals surface area contributed by atoms with E-state index in [4.69, 9.17) is 0 Å². The Morgan fingerprint density at radius 3 is 2.55 bits per heavy atom. The van der Waals surface area contributed by atoms with Crippen molar-refractivity contribution in [1.82, 2.24) is 24.0 Å². The van der Waals surface area contributed by atoms with E-state index >= 15 is 0 Å². The van der Waals surface area contributed by atoms with Crippen LogP contribution in [0.1, 0.15) is 37.9 Å². The van der Waals surface area contributed by atoms with Crippen LogP contribution in [0.4, 0.5) is 4.39 Å². The molecule has 0 saturated carbocycles. The molecular formula is C20H28FN5O2S. The summed E-state index contributed by atoms with van der Waals surface area (Å²) in [5.74, 6) is 0.831. The van der Waals surface area contributed by atoms with E-state index in [1.54, 1.807) is 6.33 Å². The Morgan fingerprint density at radius 1 is 1.21 bits per heavy atom. The van der Waals surface area contributed by atoms with Crippen molar-refractivity contribution < 1.29 is 12.8 Å². The molecule has 158 valence electrons. The molecule has 0 N–H and O–H groups in total. The van der Waals surface area contributed by atoms with Crippen LogP contribution < -0.4 is 0 Å². The molecule has 9 heteroatoms. The molecule has 0 amide bonds. The maximum Gasteiger partial charge on any atom is 0.243 e. The van der Waals surface area contributed by atoms with Crippen LogP contribution in [-0.4, -0.2) is 65.6 Å². The van der Waals surface area contributed by atoms with E-state index in [0.29, 0.717) is 13.1 Å². The molecule has 2 fully saturated rings. The molecule has 1 aromatic carbocycles. The molecule has 7 nitrogen and oxygen atoms in total. The van der Waals surface area contributed by atoms with E-state index in [1.807, 2.05) is 0 Å². The number of piperidine rings is 1. The number of aromatic nitrogens is 3. The molecule has 4 rings (SSSR count). The average Bonchev–Trinajstić information content (AvgIpc) is 3.27. The van der Waals surface area contributed by atoms with Crippen LogP contribution in [0.15, 0.2) is 35.5 Å². The molecule has 2 saturated heterocycles. The number of nitrogens with zero attached hydrogens (tertiary/aromatic N) is 5. The van der Waals surface area contributed by atoms with Crippen LogP contribution >= 0.6 is 0 Å². The highest BCUT2D eigenvalue weighted by molar-refractivity contribution is 7.89. The first-order valence-electron chi connectivity index (χ1n) is 10.2. The fourth-order valence-corrected chi connectivity index (χ4v) is 6.40. The van der Waals surface area contributed by atoms with Gasteiger partial charge in [-0.2, -0.15) is 4.31 Å². The molecule has 0 aliphatic carbocycles. The van der Waals surface area contributed by atoms with Crippen LogP contribution in [-0.2, 0) is 16.6 Å². The summed E-state index contributed by atoms with van der Waals surface area (Å²) in [7, 11) is -1.49. The monoisotopic (exact) mass is 421 g/mol. The predicted octanol–water partition coefficient (Wildman–Crippen LogP) is 2.33. The third kappa shape index (κ3) is 3.71. The Kier molecular flexibility index (Phi) is 5.48. The van der Waals surface area contributed by atoms with E-state index in [2.05, 4.69) is 33.6 Å². The third-order valence-corrected chi connectivity index (χ3v) is 8.32. The fraction of sp³-hybridized carbons (Fsp3) is 0.600. The number of hydrogen-bond donors (Lipinski definition) is 0. The van der Waals surface area contributed by atoms with Crippen LogP contribution in [0.25, 0.3) is 0 Å². The molecule has 1 spiro atoms. The lowest BCUT2D eigenvalue weighted by molar-refractivity contribution is 0.140. The number of rotatable bonds is 5. The summed E-state index contributed by atoms with van der Waals surface area (Å²) in [6.45, 7) is 5.80. The van der Waals surface area contributed by atoms with Crippen LogP contribution in [0, 0.1) is 11.2 Å². The van der Waals surface area contributed by atoms with Crippen molar-refractivity contribution in [1.29, 1.82) is 0 Å². The summed E-state index contributed by atoms with van der Waals surface area (Å²) in [5, 5.41) is 8.59. The zero-order valence-corrected chi connectivity index (χ0v) is 17.8. The van der Waals surface area contributed by atoms with Crippen molar-refractivity contribution in [3.8, 4) is 0 Å². The second-order valence-corrected chi connectivity index (χ2v) is 10.3. The van der Waals surface area contributed by atoms with Gasteiger partial charge in [0, 0.05) is 38.6 Å². The maximum absolute atomic E-state index is 13.2. The molecular weight excluding hydrogens is 393 g/mol. The smallest absolute Gasteiger partial charge is 0.243 e. The second kappa shape index (κ2) is 7.77. The van der Waals surface area contributed by atoms with Gasteiger partial charge in [0.25, 0.3) is 0 Å². The lowest BCUT2D eigenvalue weighted by Gasteiger charge is -2.41. The van der Waals surface area contributed by atoms with Crippen molar-refractivity contribution in [2.45, 2.75) is 43.5 Å². The van der Waals surface area contributed by atoms with Gasteiger partial charge < -0.3 is 9.47 Å². The van der Waals surface area contributed by atoms with Gasteiger partial charge in [-0.1, -0.05) is 6.92 Å². The minimum atomic E-state index is -3.61. The second-order valence-electron chi connectivity index (χ2n) is 8.35. The first-order valence-corrected chi connectivity index (χ1v) is 11.6. The number of likely N-dealkylation sites (N-methyl/N-ethyl adjacent to an activating group) is 1. The fourth-order valence-electron chi connectivity index (χ4n) is 4.95. The molecule has 0 radical (unpaired) electrons. The third-order valence-electron chi connectivity index (χ3n) is 6.41. The lowest BCUT2D eigenvalue weighted by Crippen LogP contribution is -2.46. The molecule has 2 aliphatic heterocycles. The highest BCUT2D eigenvalue weighted by Gasteiger charge is 2.50. The predicted molar refractivity (Wildman–Crippen MR) is 107 cm³/mol. The van der Waals surface area contributed by atoms with Crippen molar-refractivity contribution in [3.05, 3.63) is 42.2 Å². The number of benzene rings is 1. The summed E-state index contributed by atoms with van der Waals surface area (Å²) in [6, 6.07) is 5.07. The van der Waals surface area contributed by atoms with Crippen molar-refractivity contribution in [2.24, 2.45) is 5.41 Å². The summed E-state index contributed by atoms with van der Waals surface area (Å²) >= 11 is 0. The Hall–Kier alpha value is -1.84. The Balaban J connectivity index is 1.55. The zero-order valence-electron chi connectivity index (χ0n) is 17.0. The van der Waals surface area contributed by atoms with Crippen molar-refractivity contribution in [2.75, 3.05) is 33.2 Å². The van der Waals surface area contributed by atoms with Gasteiger partial charge in [0.05, 0.1) is 4.90 Å². The standard InChI is InChI=1S/C20H28FN5O2S/c1-3-10-25-15-22-23-19(25)18-13-24(2)14-20(18)8-11-26(12-9-20)29(27,28)17-6-4-16(21)5-7-17/h4-7,15,18H,3,8-14H2,1-2H3. The lowest BCUT2D eigenvalue weighted by atomic mass is 9.71. The normalized spacial score (nSPS) is 23.1. The molecule has 1 atom stereocenters. The highest BCUT2D eigenvalue weighted by Crippen LogP contribution is 2.49. The molecule has 3 heterocycles. The maximum atomic E-state index is 13.2. The van der Waals surface area contributed by atoms with E-state index in [-0.39, 0.29) is 16.2 Å². The molecule has 29 heavy (non-hydrogen) atoms. The number of halogens is 1. The van der Waals surface area contributed by atoms with Gasteiger partial charge >= 0.3 is 0 Å². The summed E-state index contributed by atoms with van der Waals surface area (Å²) in [5.41, 5.74) is 0.00207. The van der Waals surface area contributed by atoms with Crippen LogP contribution in [0.3, 0.4) is 0 Å². The van der Waals surface area contributed by atoms with Crippen molar-refractivity contribution >= 4 is 10.0 Å². The Bertz CT molecular complexity index is 952. The largest absolute Gasteiger partial charge is 0.317 e. The van der Waals surface area contributed by atoms with E-state index in [1.165, 1.54) is 28.6 Å². The van der Waals surface area contributed by atoms with Gasteiger partial charge in [-0.25, -0.2) is 12.8 Å². The zero-order chi connectivity index (χ0) is 20.6. The quantitative estimate of drug-likeness (QED) is 0.741. The summed E-state index contributed by atoms with van der Waals surface area (Å²) < 4.78 is 42.8. The van der Waals surface area contributed by atoms with Gasteiger partial charge in [-0.3, -0.25) is 0 Å². The number of aryl methyl sites for hydroxylation is 1. The molecule has 0 bridgehead atoms. The van der Waals surface area contributed by atoms with Gasteiger partial charge in [0.1, 0.15) is 18.0 Å². The minimum absolute atomic E-state index is 0.00207. The highest BCUT2D eigenvalue weighted by atomic mass is 32.2. The van der Waals surface area contributed by atoms with Crippen LogP contribution in [0.5, 0.6) is 0 Å². The first kappa shape index (κ1) is 20.4. The van der Waals surface area contributed by atoms with Gasteiger partial charge in [-0.05, 0) is 56.0 Å². The Morgan fingerprint density at radius 2 is 1.90 bits per heavy atom. The van der Waals surface area contributed by atoms with Crippen molar-refractivity contribution in [3.63, 3.8) is 0 Å². The van der Waals surface area contributed by atoms with E-state index < -0.39 is 15.8 Å².